The van der Waals surface area contributed by atoms with E-state index in [1.54, 1.807) is 0 Å². The lowest BCUT2D eigenvalue weighted by Gasteiger charge is -2.31. The van der Waals surface area contributed by atoms with Gasteiger partial charge in [0.15, 0.2) is 0 Å². The van der Waals surface area contributed by atoms with E-state index in [1.165, 1.54) is 289 Å². The fourth-order valence-electron chi connectivity index (χ4n) is 19.8. The minimum atomic E-state index is -0.678. The predicted molar refractivity (Wildman–Crippen MR) is 553 cm³/mol. The van der Waals surface area contributed by atoms with Gasteiger partial charge in [0.2, 0.25) is 11.8 Å². The zero-order valence-electron chi connectivity index (χ0n) is 88.2. The maximum Gasteiger partial charge on any atom is 0.306 e. The van der Waals surface area contributed by atoms with Gasteiger partial charge in [-0.15, -0.1) is 0 Å². The molecule has 0 aromatic carbocycles. The van der Waals surface area contributed by atoms with Crippen molar-refractivity contribution >= 4 is 35.7 Å². The molecule has 2 amide bonds. The average Bonchev–Trinajstić information content (AvgIpc) is 0.843. The third kappa shape index (κ3) is 81.4. The highest BCUT2D eigenvalue weighted by molar-refractivity contribution is 5.96. The molecule has 7 unspecified atom stereocenters. The minimum Gasteiger partial charge on any atom is -0.466 e. The molecule has 780 valence electrons. The average molecular weight is 1870 g/mol. The topological polar surface area (TPSA) is 251 Å². The van der Waals surface area contributed by atoms with Gasteiger partial charge in [-0.3, -0.25) is 38.6 Å². The zero-order chi connectivity index (χ0) is 96.3. The first-order valence-electron chi connectivity index (χ1n) is 57.9. The van der Waals surface area contributed by atoms with Gasteiger partial charge in [-0.05, 0) is 185 Å². The Hall–Kier alpha value is -3.42. The number of esters is 4. The molecule has 0 aliphatic carbocycles. The lowest BCUT2D eigenvalue weighted by molar-refractivity contribution is -0.150. The smallest absolute Gasteiger partial charge is 0.306 e. The molecule has 0 radical (unpaired) electrons. The summed E-state index contributed by atoms with van der Waals surface area (Å²) in [6.07, 6.45) is 82.1. The number of nitrogens with zero attached hydrogens (tertiary/aromatic N) is 2. The van der Waals surface area contributed by atoms with E-state index in [0.717, 1.165) is 133 Å². The third-order valence-electron chi connectivity index (χ3n) is 28.4. The summed E-state index contributed by atoms with van der Waals surface area (Å²) in [6, 6.07) is -1.36. The summed E-state index contributed by atoms with van der Waals surface area (Å²) in [6.45, 7) is 22.3. The summed E-state index contributed by atoms with van der Waals surface area (Å²) in [5.41, 5.74) is 0. The number of piperazine rings is 1. The van der Waals surface area contributed by atoms with Crippen molar-refractivity contribution in [2.45, 2.75) is 618 Å². The van der Waals surface area contributed by atoms with Crippen LogP contribution in [0.2, 0.25) is 0 Å². The highest BCUT2D eigenvalue weighted by Gasteiger charge is 2.33. The van der Waals surface area contributed by atoms with Gasteiger partial charge in [0.1, 0.15) is 18.2 Å². The number of carbonyl (C=O) groups excluding carboxylic acids is 6. The number of hydrogen-bond donors (Lipinski definition) is 6. The summed E-state index contributed by atoms with van der Waals surface area (Å²) in [5, 5.41) is 52.1. The van der Waals surface area contributed by atoms with Crippen LogP contribution in [-0.2, 0) is 47.7 Å². The first-order valence-corrected chi connectivity index (χ1v) is 57.9. The molecule has 1 saturated heterocycles. The Labute approximate surface area is 814 Å². The van der Waals surface area contributed by atoms with Crippen LogP contribution in [0.3, 0.4) is 0 Å². The number of hydrogen-bond acceptors (Lipinski definition) is 16. The Kier molecular flexibility index (Phi) is 91.2. The Bertz CT molecular complexity index is 2450. The fraction of sp³-hybridized carbons (Fsp3) is 0.947. The van der Waals surface area contributed by atoms with E-state index in [4.69, 9.17) is 18.9 Å². The highest BCUT2D eigenvalue weighted by Crippen LogP contribution is 2.29. The molecular formula is C114H220N4O14. The molecule has 1 aliphatic heterocycles. The van der Waals surface area contributed by atoms with Crippen molar-refractivity contribution in [1.29, 1.82) is 0 Å². The number of amides is 2. The molecule has 132 heavy (non-hydrogen) atoms. The maximum atomic E-state index is 13.8. The van der Waals surface area contributed by atoms with Gasteiger partial charge in [-0.25, -0.2) is 0 Å². The van der Waals surface area contributed by atoms with Crippen molar-refractivity contribution in [3.05, 3.63) is 0 Å². The van der Waals surface area contributed by atoms with Crippen LogP contribution >= 0.6 is 0 Å². The van der Waals surface area contributed by atoms with Gasteiger partial charge in [0.25, 0.3) is 0 Å². The van der Waals surface area contributed by atoms with Gasteiger partial charge >= 0.3 is 23.9 Å². The van der Waals surface area contributed by atoms with Gasteiger partial charge in [-0.1, -0.05) is 396 Å². The van der Waals surface area contributed by atoms with Crippen molar-refractivity contribution in [2.75, 3.05) is 59.1 Å². The molecule has 6 N–H and O–H groups in total. The van der Waals surface area contributed by atoms with Crippen LogP contribution in [-0.4, -0.2) is 168 Å². The van der Waals surface area contributed by atoms with Crippen molar-refractivity contribution in [1.82, 2.24) is 20.4 Å². The molecule has 0 saturated carbocycles. The van der Waals surface area contributed by atoms with E-state index in [2.05, 4.69) is 75.8 Å². The number of rotatable bonds is 104. The Morgan fingerprint density at radius 3 is 0.712 bits per heavy atom. The van der Waals surface area contributed by atoms with E-state index in [9.17, 15) is 49.2 Å². The summed E-state index contributed by atoms with van der Waals surface area (Å²) < 4.78 is 23.2. The lowest BCUT2D eigenvalue weighted by atomic mass is 9.90. The molecule has 0 aromatic heterocycles. The van der Waals surface area contributed by atoms with Crippen molar-refractivity contribution in [3.63, 3.8) is 0 Å². The molecule has 0 bridgehead atoms. The first kappa shape index (κ1) is 127. The van der Waals surface area contributed by atoms with Crippen LogP contribution in [0.25, 0.3) is 0 Å². The molecular weight excluding hydrogens is 1650 g/mol. The summed E-state index contributed by atoms with van der Waals surface area (Å²) in [4.78, 5) is 83.6. The van der Waals surface area contributed by atoms with Crippen LogP contribution in [0.1, 0.15) is 575 Å². The summed E-state index contributed by atoms with van der Waals surface area (Å²) >= 11 is 0. The van der Waals surface area contributed by atoms with E-state index in [0.29, 0.717) is 175 Å². The second-order valence-electron chi connectivity index (χ2n) is 41.4. The van der Waals surface area contributed by atoms with E-state index < -0.39 is 36.5 Å². The molecule has 1 fully saturated rings. The summed E-state index contributed by atoms with van der Waals surface area (Å²) in [7, 11) is 0. The van der Waals surface area contributed by atoms with Gasteiger partial charge in [-0.2, -0.15) is 0 Å². The molecule has 0 aromatic rings. The van der Waals surface area contributed by atoms with Crippen LogP contribution in [0.5, 0.6) is 0 Å². The van der Waals surface area contributed by atoms with E-state index in [-0.39, 0.29) is 41.8 Å². The van der Waals surface area contributed by atoms with Crippen molar-refractivity contribution < 1.29 is 68.1 Å². The highest BCUT2D eigenvalue weighted by atomic mass is 16.5. The fourth-order valence-corrected chi connectivity index (χ4v) is 19.8. The monoisotopic (exact) mass is 1870 g/mol. The van der Waals surface area contributed by atoms with Gasteiger partial charge in [0.05, 0.1) is 44.2 Å². The van der Waals surface area contributed by atoms with E-state index in [1.807, 2.05) is 0 Å². The number of nitrogens with one attached hydrogen (secondary N) is 2. The van der Waals surface area contributed by atoms with Crippen molar-refractivity contribution in [2.24, 2.45) is 17.8 Å². The molecule has 1 rings (SSSR count). The minimum absolute atomic E-state index is 0.0122. The second kappa shape index (κ2) is 95.1. The van der Waals surface area contributed by atoms with E-state index >= 15 is 0 Å². The number of unbranched alkanes of at least 4 members (excludes halogenated alkanes) is 43. The molecule has 1 aliphatic rings. The SMILES string of the molecule is CCCCCCCCCCC(CCCCCCCC)OC(=O)CCCCCC(O)CN(CCCCC1NC(=O)C(CCCCN(CC(O)CCCCCC(=O)OCCCCC(CCCCCC)CCCCCC)CC(O)CCCCCC(=O)OCCCCC(CCCCCC)CCCCCC)NC1=O)CC(O)CCCCCC(=O)OCCCCC(CCCCCC)CCCCCC. The lowest BCUT2D eigenvalue weighted by Crippen LogP contribution is -2.61. The number of aliphatic hydroxyl groups excluding tert-OH is 4. The molecule has 1 heterocycles. The molecule has 18 heteroatoms. The van der Waals surface area contributed by atoms with Gasteiger partial charge in [0, 0.05) is 51.9 Å². The quantitative estimate of drug-likeness (QED) is 0.0188. The van der Waals surface area contributed by atoms with Crippen LogP contribution in [0, 0.1) is 17.8 Å². The van der Waals surface area contributed by atoms with Crippen LogP contribution in [0.15, 0.2) is 0 Å². The van der Waals surface area contributed by atoms with Gasteiger partial charge < -0.3 is 50.0 Å². The third-order valence-corrected chi connectivity index (χ3v) is 28.4. The number of aliphatic hydroxyl groups is 4. The number of ether oxygens (including phenoxy) is 4. The van der Waals surface area contributed by atoms with Crippen LogP contribution in [0.4, 0.5) is 0 Å². The predicted octanol–water partition coefficient (Wildman–Crippen LogP) is 29.2. The summed E-state index contributed by atoms with van der Waals surface area (Å²) in [5.74, 6) is 1.39. The van der Waals surface area contributed by atoms with Crippen LogP contribution < -0.4 is 10.6 Å². The maximum absolute atomic E-state index is 13.8. The molecule has 7 atom stereocenters. The Morgan fingerprint density at radius 1 is 0.250 bits per heavy atom. The largest absolute Gasteiger partial charge is 0.466 e. The Balaban J connectivity index is 2.99. The second-order valence-corrected chi connectivity index (χ2v) is 41.4. The first-order chi connectivity index (χ1) is 64.4. The van der Waals surface area contributed by atoms with Crippen molar-refractivity contribution in [3.8, 4) is 0 Å². The molecule has 18 nitrogen and oxygen atoms in total. The zero-order valence-corrected chi connectivity index (χ0v) is 88.2. The molecule has 0 spiro atoms. The normalized spacial score (nSPS) is 14.8. The standard InChI is InChI=1S/C114H220N4O14/c1-9-17-25-33-35-36-38-54-83-106(82-53-37-34-26-18-10-2)132-112(126)89-58-42-52-81-105(122)98-118(97-104(121)80-51-41-57-88-111(125)131-94-68-63-77-101(73-47-31-23-15-7)74-48-32-24-16-8)91-65-60-85-108-114(128)115-107(113(127)116-108)84-59-64-90-117(95-102(119)78-49-39-55-86-109(123)129-92-66-61-75-99(69-43-27-19-11-3)70-44-28-20-12-4)96-103(120)79-50-40-56-87-110(124)130-93-67-62-76-100(71-45-29-21-13-5)72-46-30-22-14-6/h99-108,119-122H,9-98H2,1-8H3,(H,115,128)(H,116,127). The Morgan fingerprint density at radius 2 is 0.455 bits per heavy atom. The number of carbonyl (C=O) groups is 6.